The molecule has 0 aliphatic carbocycles. The van der Waals surface area contributed by atoms with Crippen molar-refractivity contribution in [3.8, 4) is 62.2 Å². The van der Waals surface area contributed by atoms with E-state index in [4.69, 9.17) is 24.1 Å². The minimum atomic E-state index is -2.63. The summed E-state index contributed by atoms with van der Waals surface area (Å²) in [4.78, 5) is 8.96. The zero-order chi connectivity index (χ0) is 51.4. The van der Waals surface area contributed by atoms with Crippen molar-refractivity contribution in [3.05, 3.63) is 212 Å². The van der Waals surface area contributed by atoms with Crippen LogP contribution in [0.15, 0.2) is 182 Å². The van der Waals surface area contributed by atoms with E-state index in [-0.39, 0.29) is 67.1 Å². The van der Waals surface area contributed by atoms with Gasteiger partial charge in [-0.1, -0.05) is 104 Å². The zero-order valence-corrected chi connectivity index (χ0v) is 37.9. The van der Waals surface area contributed by atoms with Crippen LogP contribution in [0.25, 0.3) is 61.0 Å². The van der Waals surface area contributed by atoms with Crippen molar-refractivity contribution in [3.63, 3.8) is 0 Å². The maximum Gasteiger partial charge on any atom is 0.135 e. The molecule has 0 radical (unpaired) electrons. The van der Waals surface area contributed by atoms with Crippen molar-refractivity contribution >= 4 is 44.6 Å². The molecule has 6 nitrogen and oxygen atoms in total. The predicted molar refractivity (Wildman–Crippen MR) is 264 cm³/mol. The smallest absolute Gasteiger partial charge is 0.135 e. The minimum absolute atomic E-state index is 0. The van der Waals surface area contributed by atoms with Gasteiger partial charge in [-0.25, -0.2) is 4.98 Å². The van der Waals surface area contributed by atoms with Crippen LogP contribution in [0.3, 0.4) is 0 Å². The summed E-state index contributed by atoms with van der Waals surface area (Å²) in [7, 11) is 0. The number of hydrogen-bond acceptors (Lipinski definition) is 5. The molecule has 0 unspecified atom stereocenters. The van der Waals surface area contributed by atoms with Crippen molar-refractivity contribution in [1.82, 2.24) is 9.55 Å². The third-order valence-electron chi connectivity index (χ3n) is 11.7. The van der Waals surface area contributed by atoms with E-state index in [0.29, 0.717) is 50.5 Å². The molecule has 0 N–H and O–H groups in total. The van der Waals surface area contributed by atoms with Gasteiger partial charge in [0.2, 0.25) is 0 Å². The molecule has 12 bridgehead atoms. The molecule has 0 spiro atoms. The van der Waals surface area contributed by atoms with Gasteiger partial charge in [0.05, 0.1) is 5.48 Å². The fraction of sp³-hybridized carbons (Fsp3) is 0.0847. The molecule has 7 heterocycles. The molecular formula is C59H43N4O2Pt-3. The summed E-state index contributed by atoms with van der Waals surface area (Å²) in [5, 5.41) is 0.653. The van der Waals surface area contributed by atoms with Crippen LogP contribution in [0.1, 0.15) is 37.3 Å². The summed E-state index contributed by atoms with van der Waals surface area (Å²) >= 11 is 0. The van der Waals surface area contributed by atoms with Crippen molar-refractivity contribution in [2.45, 2.75) is 27.1 Å². The average Bonchev–Trinajstić information content (AvgIpc) is 3.96. The number of benzene rings is 8. The van der Waals surface area contributed by atoms with Crippen LogP contribution in [0.5, 0.6) is 23.0 Å². The molecular weight excluding hydrogens is 992 g/mol. The maximum atomic E-state index is 9.39. The first-order valence-electron chi connectivity index (χ1n) is 25.9. The third kappa shape index (κ3) is 7.32. The largest absolute Gasteiger partial charge is 0.509 e. The van der Waals surface area contributed by atoms with E-state index in [2.05, 4.69) is 23.1 Å². The van der Waals surface area contributed by atoms with Crippen LogP contribution in [-0.4, -0.2) is 9.55 Å². The average molecular weight is 1040 g/mol. The summed E-state index contributed by atoms with van der Waals surface area (Å²) < 4.78 is 94.8. The molecule has 10 aromatic rings. The van der Waals surface area contributed by atoms with E-state index in [1.807, 2.05) is 122 Å². The van der Waals surface area contributed by atoms with Gasteiger partial charge < -0.3 is 23.8 Å². The fourth-order valence-electron chi connectivity index (χ4n) is 8.85. The Morgan fingerprint density at radius 2 is 1.33 bits per heavy atom. The van der Waals surface area contributed by atoms with Crippen LogP contribution >= 0.6 is 0 Å². The molecule has 2 aromatic heterocycles. The zero-order valence-electron chi connectivity index (χ0n) is 44.6. The van der Waals surface area contributed by atoms with Crippen LogP contribution in [-0.2, 0) is 27.4 Å². The molecule has 5 aliphatic rings. The van der Waals surface area contributed by atoms with Gasteiger partial charge in [0.1, 0.15) is 17.3 Å². The van der Waals surface area contributed by atoms with Crippen molar-refractivity contribution < 1.29 is 42.9 Å². The second-order valence-corrected chi connectivity index (χ2v) is 16.3. The van der Waals surface area contributed by atoms with Crippen LogP contribution in [0.4, 0.5) is 22.7 Å². The Hall–Kier alpha value is -7.40. The second-order valence-electron chi connectivity index (χ2n) is 16.3. The first-order chi connectivity index (χ1) is 35.5. The minimum Gasteiger partial charge on any atom is -0.509 e. The fourth-order valence-corrected chi connectivity index (χ4v) is 8.85. The van der Waals surface area contributed by atoms with Gasteiger partial charge in [0.25, 0.3) is 0 Å². The van der Waals surface area contributed by atoms with E-state index in [1.54, 1.807) is 42.5 Å². The molecule has 0 saturated heterocycles. The van der Waals surface area contributed by atoms with Crippen LogP contribution < -0.4 is 19.3 Å². The molecule has 324 valence electrons. The summed E-state index contributed by atoms with van der Waals surface area (Å²) in [6.45, 7) is 3.15. The Morgan fingerprint density at radius 3 is 2.06 bits per heavy atom. The molecule has 8 aromatic carbocycles. The predicted octanol–water partition coefficient (Wildman–Crippen LogP) is 15.6. The summed E-state index contributed by atoms with van der Waals surface area (Å²) in [5.74, 6) is 1.38. The first-order valence-corrected chi connectivity index (χ1v) is 21.4. The summed E-state index contributed by atoms with van der Waals surface area (Å²) in [5.41, 5.74) is 8.35. The topological polar surface area (TPSA) is 42.8 Å². The number of rotatable bonds is 3. The maximum absolute atomic E-state index is 9.39. The van der Waals surface area contributed by atoms with Crippen LogP contribution in [0.2, 0.25) is 0 Å². The number of aryl methyl sites for hydroxylation is 1. The number of aromatic nitrogens is 2. The second kappa shape index (κ2) is 16.9. The van der Waals surface area contributed by atoms with Gasteiger partial charge in [-0.3, -0.25) is 0 Å². The molecule has 66 heavy (non-hydrogen) atoms. The van der Waals surface area contributed by atoms with Crippen molar-refractivity contribution in [2.24, 2.45) is 5.92 Å². The SMILES string of the molecule is [2H]c1c([2H])c([2H])c2c(c1[2H])c1ccc3[c-]c1n2-c1cc(C([2H])([2H])[2H])c(cn1)-c1ccc(cc1)Oc1ccc(cc1)-c1cc(C([2H])([2H])C(C)C)cc(-c2ccccc2)c1N1[CH-]N(c2[c-]c(ccc2)O3)c2ccccc21.[Pt]. The van der Waals surface area contributed by atoms with Gasteiger partial charge in [-0.15, -0.1) is 48.1 Å². The number of hydrogen-bond donors (Lipinski definition) is 0. The third-order valence-corrected chi connectivity index (χ3v) is 11.7. The quantitative estimate of drug-likeness (QED) is 0.165. The molecule has 0 atom stereocenters. The summed E-state index contributed by atoms with van der Waals surface area (Å²) in [6, 6.07) is 52.4. The van der Waals surface area contributed by atoms with Gasteiger partial charge in [0, 0.05) is 84.9 Å². The Kier molecular flexibility index (Phi) is 8.25. The van der Waals surface area contributed by atoms with E-state index < -0.39 is 25.3 Å². The molecule has 0 fully saturated rings. The van der Waals surface area contributed by atoms with Gasteiger partial charge in [0.15, 0.2) is 0 Å². The number of pyridine rings is 1. The number of ether oxygens (including phenoxy) is 2. The van der Waals surface area contributed by atoms with E-state index in [1.165, 1.54) is 16.8 Å². The van der Waals surface area contributed by atoms with Crippen LogP contribution in [0, 0.1) is 31.6 Å². The monoisotopic (exact) mass is 1040 g/mol. The van der Waals surface area contributed by atoms with Crippen molar-refractivity contribution in [1.29, 1.82) is 0 Å². The Labute approximate surface area is 412 Å². The van der Waals surface area contributed by atoms with E-state index >= 15 is 0 Å². The van der Waals surface area contributed by atoms with Crippen molar-refractivity contribution in [2.75, 3.05) is 9.80 Å². The Bertz CT molecular complexity index is 3880. The molecule has 15 rings (SSSR count). The Morgan fingerprint density at radius 1 is 0.667 bits per heavy atom. The normalized spacial score (nSPS) is 15.0. The molecule has 7 heteroatoms. The number of nitrogens with zero attached hydrogens (tertiary/aromatic N) is 4. The van der Waals surface area contributed by atoms with E-state index in [9.17, 15) is 2.74 Å². The number of para-hydroxylation sites is 3. The number of fused-ring (bicyclic) bond motifs is 6. The Balaban J connectivity index is 0.00000602. The standard InChI is InChI=1S/C59H43N4O2.Pt/c1-38(2)30-40-32-51(41-12-5-4-6-13-41)59-52(33-40)42-20-24-45(25-21-42)64-46-26-22-43(23-27-46)53-36-60-58(31-39(53)3)63-54-17-8-7-16-49(54)50-29-28-48(35-57(50)63)65-47-15-11-14-44(34-47)61-37-62(59)56-19-10-9-18-55(56)61;/h4-29,31-33,36-38H,30H2,1-3H3;/q-3;/i3D3,7D,8D,16D,17D,30D2;. The van der Waals surface area contributed by atoms with E-state index in [0.717, 1.165) is 39.3 Å². The first kappa shape index (κ1) is 32.3. The van der Waals surface area contributed by atoms with Gasteiger partial charge in [-0.2, -0.15) is 12.1 Å². The molecule has 5 aliphatic heterocycles. The molecule has 0 amide bonds. The summed E-state index contributed by atoms with van der Waals surface area (Å²) in [6.07, 6.45) is -0.223. The number of anilines is 4. The van der Waals surface area contributed by atoms with Gasteiger partial charge >= 0.3 is 0 Å². The molecule has 0 saturated carbocycles. The van der Waals surface area contributed by atoms with Gasteiger partial charge in [-0.05, 0) is 113 Å².